The summed E-state index contributed by atoms with van der Waals surface area (Å²) in [6.07, 6.45) is 12.7. The van der Waals surface area contributed by atoms with E-state index >= 15 is 0 Å². The lowest BCUT2D eigenvalue weighted by Gasteiger charge is -2.01. The highest BCUT2D eigenvalue weighted by Crippen LogP contribution is 2.08. The van der Waals surface area contributed by atoms with Crippen LogP contribution in [0.4, 0.5) is 0 Å². The van der Waals surface area contributed by atoms with E-state index < -0.39 is 0 Å². The Labute approximate surface area is 105 Å². The first-order chi connectivity index (χ1) is 8.36. The van der Waals surface area contributed by atoms with Crippen molar-refractivity contribution < 1.29 is 0 Å². The van der Waals surface area contributed by atoms with E-state index in [-0.39, 0.29) is 0 Å². The molecular weight excluding hydrogens is 212 g/mol. The van der Waals surface area contributed by atoms with Gasteiger partial charge in [-0.2, -0.15) is 0 Å². The average Bonchev–Trinajstić information content (AvgIpc) is 2.80. The fourth-order valence-corrected chi connectivity index (χ4v) is 1.95. The van der Waals surface area contributed by atoms with Gasteiger partial charge in [0.15, 0.2) is 0 Å². The van der Waals surface area contributed by atoms with Gasteiger partial charge in [-0.15, -0.1) is 5.10 Å². The maximum absolute atomic E-state index is 5.48. The molecule has 4 heteroatoms. The van der Waals surface area contributed by atoms with Gasteiger partial charge in [0.2, 0.25) is 0 Å². The van der Waals surface area contributed by atoms with Gasteiger partial charge in [-0.1, -0.05) is 57.1 Å². The minimum atomic E-state index is 0.484. The molecule has 1 rings (SSSR count). The van der Waals surface area contributed by atoms with Crippen LogP contribution in [0.3, 0.4) is 0 Å². The van der Waals surface area contributed by atoms with Crippen LogP contribution < -0.4 is 5.73 Å². The zero-order chi connectivity index (χ0) is 12.3. The zero-order valence-electron chi connectivity index (χ0n) is 11.1. The molecule has 0 fully saturated rings. The highest BCUT2D eigenvalue weighted by molar-refractivity contribution is 4.90. The van der Waals surface area contributed by atoms with Crippen molar-refractivity contribution in [1.29, 1.82) is 0 Å². The second kappa shape index (κ2) is 9.16. The van der Waals surface area contributed by atoms with E-state index in [9.17, 15) is 0 Å². The molecule has 0 aliphatic rings. The van der Waals surface area contributed by atoms with Crippen molar-refractivity contribution in [2.24, 2.45) is 5.73 Å². The molecule has 0 aliphatic heterocycles. The maximum atomic E-state index is 5.48. The third kappa shape index (κ3) is 6.41. The molecule has 0 unspecified atom stereocenters. The summed E-state index contributed by atoms with van der Waals surface area (Å²) in [5.74, 6) is 0. The van der Waals surface area contributed by atoms with Crippen molar-refractivity contribution in [2.45, 2.75) is 71.4 Å². The quantitative estimate of drug-likeness (QED) is 0.638. The number of rotatable bonds is 10. The van der Waals surface area contributed by atoms with Gasteiger partial charge in [0.1, 0.15) is 0 Å². The van der Waals surface area contributed by atoms with E-state index in [4.69, 9.17) is 5.73 Å². The molecule has 1 aromatic heterocycles. The molecule has 1 heterocycles. The molecule has 0 spiro atoms. The summed E-state index contributed by atoms with van der Waals surface area (Å²) in [7, 11) is 0. The Hall–Kier alpha value is -0.900. The van der Waals surface area contributed by atoms with Crippen LogP contribution in [0.15, 0.2) is 6.20 Å². The van der Waals surface area contributed by atoms with Gasteiger partial charge >= 0.3 is 0 Å². The predicted molar refractivity (Wildman–Crippen MR) is 70.5 cm³/mol. The van der Waals surface area contributed by atoms with E-state index in [0.717, 1.165) is 12.2 Å². The Kier molecular flexibility index (Phi) is 7.63. The van der Waals surface area contributed by atoms with Crippen molar-refractivity contribution in [1.82, 2.24) is 15.0 Å². The molecule has 0 amide bonds. The van der Waals surface area contributed by atoms with Crippen LogP contribution in [-0.4, -0.2) is 15.0 Å². The number of hydrogen-bond donors (Lipinski definition) is 1. The lowest BCUT2D eigenvalue weighted by molar-refractivity contribution is 0.511. The molecule has 98 valence electrons. The zero-order valence-corrected chi connectivity index (χ0v) is 11.1. The van der Waals surface area contributed by atoms with Crippen molar-refractivity contribution in [2.75, 3.05) is 0 Å². The van der Waals surface area contributed by atoms with Gasteiger partial charge in [0.05, 0.1) is 5.69 Å². The van der Waals surface area contributed by atoms with Gasteiger partial charge in [-0.05, 0) is 6.42 Å². The van der Waals surface area contributed by atoms with Crippen molar-refractivity contribution in [3.05, 3.63) is 11.9 Å². The smallest absolute Gasteiger partial charge is 0.0962 e. The highest BCUT2D eigenvalue weighted by Gasteiger charge is 1.98. The molecule has 0 saturated carbocycles. The van der Waals surface area contributed by atoms with E-state index in [1.165, 1.54) is 51.4 Å². The molecular formula is C13H26N4. The number of hydrogen-bond acceptors (Lipinski definition) is 3. The van der Waals surface area contributed by atoms with Gasteiger partial charge in [0.25, 0.3) is 0 Å². The summed E-state index contributed by atoms with van der Waals surface area (Å²) in [6, 6.07) is 0. The van der Waals surface area contributed by atoms with Crippen LogP contribution >= 0.6 is 0 Å². The Morgan fingerprint density at radius 2 is 1.71 bits per heavy atom. The second-order valence-corrected chi connectivity index (χ2v) is 4.65. The van der Waals surface area contributed by atoms with E-state index in [0.29, 0.717) is 6.54 Å². The molecule has 4 nitrogen and oxygen atoms in total. The number of nitrogens with two attached hydrogens (primary N) is 1. The molecule has 0 aliphatic carbocycles. The monoisotopic (exact) mass is 238 g/mol. The van der Waals surface area contributed by atoms with Crippen LogP contribution in [0.1, 0.15) is 64.0 Å². The van der Waals surface area contributed by atoms with Crippen LogP contribution in [0.25, 0.3) is 0 Å². The Balaban J connectivity index is 1.93. The molecule has 0 radical (unpaired) electrons. The fraction of sp³-hybridized carbons (Fsp3) is 0.846. The van der Waals surface area contributed by atoms with Crippen molar-refractivity contribution in [3.8, 4) is 0 Å². The summed E-state index contributed by atoms with van der Waals surface area (Å²) >= 11 is 0. The molecule has 17 heavy (non-hydrogen) atoms. The predicted octanol–water partition coefficient (Wildman–Crippen LogP) is 2.88. The summed E-state index contributed by atoms with van der Waals surface area (Å²) in [6.45, 7) is 3.72. The summed E-state index contributed by atoms with van der Waals surface area (Å²) < 4.78 is 1.90. The molecule has 1 aromatic rings. The third-order valence-corrected chi connectivity index (χ3v) is 3.04. The topological polar surface area (TPSA) is 56.7 Å². The Bertz CT molecular complexity index is 283. The van der Waals surface area contributed by atoms with Gasteiger partial charge in [-0.3, -0.25) is 4.68 Å². The summed E-state index contributed by atoms with van der Waals surface area (Å²) in [4.78, 5) is 0. The van der Waals surface area contributed by atoms with E-state index in [1.54, 1.807) is 0 Å². The largest absolute Gasteiger partial charge is 0.325 e. The lowest BCUT2D eigenvalue weighted by Crippen LogP contribution is -1.99. The summed E-state index contributed by atoms with van der Waals surface area (Å²) in [5.41, 5.74) is 6.36. The first-order valence-corrected chi connectivity index (χ1v) is 6.96. The molecule has 0 atom stereocenters. The second-order valence-electron chi connectivity index (χ2n) is 4.65. The number of aryl methyl sites for hydroxylation is 1. The number of aromatic nitrogens is 3. The minimum absolute atomic E-state index is 0.484. The van der Waals surface area contributed by atoms with Crippen molar-refractivity contribution >= 4 is 0 Å². The summed E-state index contributed by atoms with van der Waals surface area (Å²) in [5, 5.41) is 8.00. The SMILES string of the molecule is CCCCCCCCCCn1cc(CN)nn1. The van der Waals surface area contributed by atoms with Crippen LogP contribution in [-0.2, 0) is 13.1 Å². The Morgan fingerprint density at radius 1 is 1.06 bits per heavy atom. The highest BCUT2D eigenvalue weighted by atomic mass is 15.4. The van der Waals surface area contributed by atoms with Crippen LogP contribution in [0.2, 0.25) is 0 Å². The van der Waals surface area contributed by atoms with Crippen LogP contribution in [0, 0.1) is 0 Å². The van der Waals surface area contributed by atoms with E-state index in [2.05, 4.69) is 17.2 Å². The molecule has 0 aromatic carbocycles. The first-order valence-electron chi connectivity index (χ1n) is 6.96. The van der Waals surface area contributed by atoms with Crippen LogP contribution in [0.5, 0.6) is 0 Å². The first kappa shape index (κ1) is 14.2. The molecule has 0 bridgehead atoms. The third-order valence-electron chi connectivity index (χ3n) is 3.04. The standard InChI is InChI=1S/C13H26N4/c1-2-3-4-5-6-7-8-9-10-17-12-13(11-14)15-16-17/h12H,2-11,14H2,1H3. The van der Waals surface area contributed by atoms with Crippen molar-refractivity contribution in [3.63, 3.8) is 0 Å². The Morgan fingerprint density at radius 3 is 2.29 bits per heavy atom. The normalized spacial score (nSPS) is 10.9. The van der Waals surface area contributed by atoms with E-state index in [1.807, 2.05) is 10.9 Å². The van der Waals surface area contributed by atoms with Gasteiger partial charge < -0.3 is 5.73 Å². The molecule has 0 saturated heterocycles. The molecule has 2 N–H and O–H groups in total. The number of nitrogens with zero attached hydrogens (tertiary/aromatic N) is 3. The fourth-order valence-electron chi connectivity index (χ4n) is 1.95. The maximum Gasteiger partial charge on any atom is 0.0962 e. The lowest BCUT2D eigenvalue weighted by atomic mass is 10.1. The number of unbranched alkanes of at least 4 members (excludes halogenated alkanes) is 7. The van der Waals surface area contributed by atoms with Gasteiger partial charge in [0, 0.05) is 19.3 Å². The average molecular weight is 238 g/mol. The minimum Gasteiger partial charge on any atom is -0.325 e. The van der Waals surface area contributed by atoms with Gasteiger partial charge in [-0.25, -0.2) is 0 Å².